The Morgan fingerprint density at radius 2 is 2.24 bits per heavy atom. The molecule has 0 saturated carbocycles. The maximum absolute atomic E-state index is 12.7. The monoisotopic (exact) mass is 359 g/mol. The molecular formula is C16H17N5O3S. The molecule has 3 aromatic rings. The molecule has 0 radical (unpaired) electrons. The van der Waals surface area contributed by atoms with E-state index in [0.717, 1.165) is 22.8 Å². The van der Waals surface area contributed by atoms with Crippen LogP contribution in [0.3, 0.4) is 0 Å². The molecule has 0 aromatic carbocycles. The van der Waals surface area contributed by atoms with Crippen LogP contribution in [0.4, 0.5) is 0 Å². The predicted molar refractivity (Wildman–Crippen MR) is 90.4 cm³/mol. The van der Waals surface area contributed by atoms with Gasteiger partial charge in [0.1, 0.15) is 0 Å². The predicted octanol–water partition coefficient (Wildman–Crippen LogP) is 1.35. The number of rotatable bonds is 3. The minimum absolute atomic E-state index is 0.0278. The van der Waals surface area contributed by atoms with Crippen molar-refractivity contribution in [1.29, 1.82) is 0 Å². The minimum atomic E-state index is -0.462. The minimum Gasteiger partial charge on any atom is -0.464 e. The number of carbonyl (C=O) groups excluding carboxylic acids is 2. The van der Waals surface area contributed by atoms with Crippen molar-refractivity contribution in [3.05, 3.63) is 40.9 Å². The van der Waals surface area contributed by atoms with Crippen LogP contribution in [-0.2, 0) is 29.0 Å². The van der Waals surface area contributed by atoms with Crippen molar-refractivity contribution in [2.45, 2.75) is 25.9 Å². The van der Waals surface area contributed by atoms with Gasteiger partial charge in [0.15, 0.2) is 10.7 Å². The molecule has 1 amide bonds. The molecule has 0 unspecified atom stereocenters. The lowest BCUT2D eigenvalue weighted by Crippen LogP contribution is -2.32. The summed E-state index contributed by atoms with van der Waals surface area (Å²) in [5.74, 6) is -0.434. The molecule has 0 atom stereocenters. The van der Waals surface area contributed by atoms with Gasteiger partial charge in [-0.15, -0.1) is 11.3 Å². The Morgan fingerprint density at radius 3 is 3.04 bits per heavy atom. The first kappa shape index (κ1) is 15.8. The van der Waals surface area contributed by atoms with E-state index in [1.165, 1.54) is 7.11 Å². The molecular weight excluding hydrogens is 342 g/mol. The van der Waals surface area contributed by atoms with E-state index in [0.29, 0.717) is 19.6 Å². The smallest absolute Gasteiger partial charge is 0.358 e. The zero-order valence-electron chi connectivity index (χ0n) is 13.7. The van der Waals surface area contributed by atoms with Gasteiger partial charge in [-0.2, -0.15) is 5.10 Å². The van der Waals surface area contributed by atoms with Crippen molar-refractivity contribution in [3.8, 4) is 0 Å². The first-order valence-electron chi connectivity index (χ1n) is 7.98. The third kappa shape index (κ3) is 3.02. The number of nitrogens with zero attached hydrogens (tertiary/aromatic N) is 5. The van der Waals surface area contributed by atoms with Crippen LogP contribution in [0.5, 0.6) is 0 Å². The molecule has 0 saturated heterocycles. The molecule has 0 fully saturated rings. The van der Waals surface area contributed by atoms with E-state index in [1.54, 1.807) is 27.0 Å². The van der Waals surface area contributed by atoms with Gasteiger partial charge in [0, 0.05) is 30.9 Å². The summed E-state index contributed by atoms with van der Waals surface area (Å²) in [6, 6.07) is 1.70. The van der Waals surface area contributed by atoms with Crippen LogP contribution in [0.15, 0.2) is 23.8 Å². The van der Waals surface area contributed by atoms with E-state index in [-0.39, 0.29) is 18.0 Å². The number of esters is 1. The van der Waals surface area contributed by atoms with E-state index in [9.17, 15) is 9.59 Å². The number of hydrogen-bond acceptors (Lipinski definition) is 6. The fourth-order valence-electron chi connectivity index (χ4n) is 3.01. The number of thiazole rings is 1. The Labute approximate surface area is 147 Å². The Balaban J connectivity index is 1.50. The molecule has 0 spiro atoms. The molecule has 1 aliphatic rings. The largest absolute Gasteiger partial charge is 0.464 e. The van der Waals surface area contributed by atoms with Crippen molar-refractivity contribution in [1.82, 2.24) is 24.1 Å². The Hall–Kier alpha value is -2.68. The highest BCUT2D eigenvalue weighted by Crippen LogP contribution is 2.17. The molecule has 9 heteroatoms. The van der Waals surface area contributed by atoms with Gasteiger partial charge in [0.2, 0.25) is 5.91 Å². The topological polar surface area (TPSA) is 81.7 Å². The van der Waals surface area contributed by atoms with E-state index in [4.69, 9.17) is 4.74 Å². The lowest BCUT2D eigenvalue weighted by atomic mass is 10.2. The molecule has 0 bridgehead atoms. The molecule has 4 rings (SSSR count). The lowest BCUT2D eigenvalue weighted by Gasteiger charge is -2.19. The van der Waals surface area contributed by atoms with E-state index >= 15 is 0 Å². The van der Waals surface area contributed by atoms with Gasteiger partial charge in [-0.1, -0.05) is 0 Å². The van der Waals surface area contributed by atoms with E-state index in [1.807, 2.05) is 22.2 Å². The second-order valence-corrected chi connectivity index (χ2v) is 6.78. The summed E-state index contributed by atoms with van der Waals surface area (Å²) in [6.07, 6.45) is 4.88. The Morgan fingerprint density at radius 1 is 1.36 bits per heavy atom. The lowest BCUT2D eigenvalue weighted by molar-refractivity contribution is -0.131. The molecule has 130 valence electrons. The van der Waals surface area contributed by atoms with Crippen LogP contribution in [0.1, 0.15) is 28.3 Å². The zero-order chi connectivity index (χ0) is 17.4. The maximum atomic E-state index is 12.7. The number of ether oxygens (including phenoxy) is 1. The number of amides is 1. The van der Waals surface area contributed by atoms with Crippen molar-refractivity contribution in [3.63, 3.8) is 0 Å². The third-order valence-corrected chi connectivity index (χ3v) is 5.01. The van der Waals surface area contributed by atoms with Gasteiger partial charge in [0.05, 0.1) is 31.5 Å². The second kappa shape index (κ2) is 6.32. The SMILES string of the molecule is COC(=O)c1cc2n(n1)CCCN(C(=O)Cc1cn3ccsc3n1)C2. The molecule has 3 aromatic heterocycles. The highest BCUT2D eigenvalue weighted by atomic mass is 32.1. The normalized spacial score (nSPS) is 14.4. The molecule has 0 aliphatic carbocycles. The van der Waals surface area contributed by atoms with Gasteiger partial charge in [0.25, 0.3) is 0 Å². The Kier molecular flexibility index (Phi) is 4.00. The van der Waals surface area contributed by atoms with E-state index in [2.05, 4.69) is 10.1 Å². The number of aromatic nitrogens is 4. The first-order valence-corrected chi connectivity index (χ1v) is 8.86. The maximum Gasteiger partial charge on any atom is 0.358 e. The number of aryl methyl sites for hydroxylation is 1. The molecule has 0 N–H and O–H groups in total. The van der Waals surface area contributed by atoms with Crippen LogP contribution in [-0.4, -0.2) is 49.6 Å². The number of carbonyl (C=O) groups is 2. The summed E-state index contributed by atoms with van der Waals surface area (Å²) in [5.41, 5.74) is 1.89. The van der Waals surface area contributed by atoms with Crippen LogP contribution < -0.4 is 0 Å². The highest BCUT2D eigenvalue weighted by molar-refractivity contribution is 7.15. The van der Waals surface area contributed by atoms with Gasteiger partial charge in [-0.25, -0.2) is 9.78 Å². The van der Waals surface area contributed by atoms with Crippen LogP contribution in [0.25, 0.3) is 4.96 Å². The summed E-state index contributed by atoms with van der Waals surface area (Å²) >= 11 is 1.54. The summed E-state index contributed by atoms with van der Waals surface area (Å²) in [5, 5.41) is 6.23. The summed E-state index contributed by atoms with van der Waals surface area (Å²) in [7, 11) is 1.33. The van der Waals surface area contributed by atoms with Crippen molar-refractivity contribution in [2.75, 3.05) is 13.7 Å². The van der Waals surface area contributed by atoms with Crippen molar-refractivity contribution in [2.24, 2.45) is 0 Å². The van der Waals surface area contributed by atoms with Crippen LogP contribution in [0.2, 0.25) is 0 Å². The zero-order valence-corrected chi connectivity index (χ0v) is 14.5. The molecule has 4 heterocycles. The van der Waals surface area contributed by atoms with Gasteiger partial charge < -0.3 is 9.64 Å². The highest BCUT2D eigenvalue weighted by Gasteiger charge is 2.23. The average molecular weight is 359 g/mol. The van der Waals surface area contributed by atoms with Gasteiger partial charge in [-0.3, -0.25) is 13.9 Å². The van der Waals surface area contributed by atoms with Crippen molar-refractivity contribution < 1.29 is 14.3 Å². The average Bonchev–Trinajstić information content (AvgIpc) is 3.25. The van der Waals surface area contributed by atoms with Crippen LogP contribution in [0, 0.1) is 0 Å². The quantitative estimate of drug-likeness (QED) is 0.660. The standard InChI is InChI=1S/C16H17N5O3S/c1-24-15(23)13-8-12-10-19(3-2-4-21(12)18-13)14(22)7-11-9-20-5-6-25-16(20)17-11/h5-6,8-9H,2-4,7,10H2,1H3. The van der Waals surface area contributed by atoms with E-state index < -0.39 is 5.97 Å². The number of hydrogen-bond donors (Lipinski definition) is 0. The summed E-state index contributed by atoms with van der Waals surface area (Å²) in [4.78, 5) is 31.5. The molecule has 8 nitrogen and oxygen atoms in total. The molecule has 25 heavy (non-hydrogen) atoms. The van der Waals surface area contributed by atoms with Crippen LogP contribution >= 0.6 is 11.3 Å². The summed E-state index contributed by atoms with van der Waals surface area (Å²) < 4.78 is 8.42. The number of imidazole rings is 1. The van der Waals surface area contributed by atoms with Gasteiger partial charge in [-0.05, 0) is 12.5 Å². The number of methoxy groups -OCH3 is 1. The Bertz CT molecular complexity index is 912. The third-order valence-electron chi connectivity index (χ3n) is 4.24. The van der Waals surface area contributed by atoms with Gasteiger partial charge >= 0.3 is 5.97 Å². The fraction of sp³-hybridized carbons (Fsp3) is 0.375. The fourth-order valence-corrected chi connectivity index (χ4v) is 3.73. The summed E-state index contributed by atoms with van der Waals surface area (Å²) in [6.45, 7) is 1.78. The number of fused-ring (bicyclic) bond motifs is 2. The first-order chi connectivity index (χ1) is 12.1. The molecule has 1 aliphatic heterocycles. The second-order valence-electron chi connectivity index (χ2n) is 5.91. The van der Waals surface area contributed by atoms with Crippen molar-refractivity contribution >= 4 is 28.2 Å².